The molecule has 0 bridgehead atoms. The Balaban J connectivity index is 0.000000211. The molecule has 0 aliphatic carbocycles. The van der Waals surface area contributed by atoms with Crippen molar-refractivity contribution in [2.45, 2.75) is 85.2 Å². The van der Waals surface area contributed by atoms with Crippen LogP contribution < -0.4 is 24.8 Å². The third kappa shape index (κ3) is 15.0. The van der Waals surface area contributed by atoms with E-state index in [1.165, 1.54) is 12.1 Å². The number of carbonyl (C=O) groups is 2. The molecule has 0 unspecified atom stereocenters. The first-order chi connectivity index (χ1) is 37.8. The molecule has 7 aromatic carbocycles. The Morgan fingerprint density at radius 3 is 1.39 bits per heavy atom. The van der Waals surface area contributed by atoms with Crippen LogP contribution in [0.15, 0.2) is 152 Å². The largest absolute Gasteiger partial charge is 0.508 e. The van der Waals surface area contributed by atoms with Crippen molar-refractivity contribution in [1.29, 1.82) is 0 Å². The first kappa shape index (κ1) is 56.4. The number of anilines is 2. The maximum atomic E-state index is 12.9. The number of aromatic nitrogens is 4. The number of nitrogens with zero attached hydrogens (tertiary/aromatic N) is 4. The van der Waals surface area contributed by atoms with E-state index in [0.29, 0.717) is 92.8 Å². The lowest BCUT2D eigenvalue weighted by atomic mass is 10.0. The number of rotatable bonds is 21. The molecule has 9 aromatic rings. The molecule has 0 fully saturated rings. The Morgan fingerprint density at radius 2 is 0.975 bits per heavy atom. The van der Waals surface area contributed by atoms with Gasteiger partial charge in [0.05, 0.1) is 35.2 Å². The molecule has 0 aliphatic rings. The number of aryl methyl sites for hydroxylation is 2. The molecule has 410 valence electrons. The van der Waals surface area contributed by atoms with Crippen LogP contribution in [0.2, 0.25) is 0 Å². The van der Waals surface area contributed by atoms with Crippen LogP contribution in [0, 0.1) is 13.8 Å². The molecule has 0 radical (unpaired) electrons. The van der Waals surface area contributed by atoms with E-state index in [2.05, 4.69) is 20.6 Å². The third-order valence-corrected chi connectivity index (χ3v) is 12.6. The van der Waals surface area contributed by atoms with Crippen LogP contribution in [0.25, 0.3) is 33.4 Å². The lowest BCUT2D eigenvalue weighted by Gasteiger charge is -2.14. The molecule has 0 saturated heterocycles. The first-order valence-electron chi connectivity index (χ1n) is 25.7. The SMILES string of the molecule is CCCC(=O)c1ccc(-n2cnc3c(NCCC(F)(F)F)cc(Oc4ccc(O)cc4)cc32)cc1C.CCCC(=O)c1ccc(-n2cnc3c(NCCC(F)(F)F)cc(Oc4ccc(OCc5ccccc5)cc4)cc32)cc1C. The number of hydrogen-bond donors (Lipinski definition) is 3. The number of Topliss-reactive ketones (excluding diaryl/α,β-unsaturated/α-hetero) is 2. The lowest BCUT2D eigenvalue weighted by molar-refractivity contribution is -0.132. The zero-order chi connectivity index (χ0) is 56.3. The van der Waals surface area contributed by atoms with Gasteiger partial charge in [-0.15, -0.1) is 0 Å². The number of phenolic OH excluding ortho intramolecular Hbond substituents is 1. The van der Waals surface area contributed by atoms with Gasteiger partial charge < -0.3 is 30.0 Å². The number of imidazole rings is 2. The van der Waals surface area contributed by atoms with Gasteiger partial charge in [0.1, 0.15) is 64.8 Å². The minimum atomic E-state index is -4.29. The van der Waals surface area contributed by atoms with Crippen molar-refractivity contribution < 1.29 is 55.2 Å². The van der Waals surface area contributed by atoms with Crippen LogP contribution in [0.1, 0.15) is 89.8 Å². The van der Waals surface area contributed by atoms with E-state index in [0.717, 1.165) is 40.9 Å². The summed E-state index contributed by atoms with van der Waals surface area (Å²) in [5, 5.41) is 15.2. The summed E-state index contributed by atoms with van der Waals surface area (Å²) in [6, 6.07) is 40.9. The van der Waals surface area contributed by atoms with Gasteiger partial charge in [-0.2, -0.15) is 26.3 Å². The molecule has 2 heterocycles. The average Bonchev–Trinajstić information content (AvgIpc) is 4.30. The molecule has 0 amide bonds. The average molecular weight is 1090 g/mol. The highest BCUT2D eigenvalue weighted by Crippen LogP contribution is 2.36. The van der Waals surface area contributed by atoms with Crippen molar-refractivity contribution in [2.24, 2.45) is 0 Å². The van der Waals surface area contributed by atoms with Gasteiger partial charge in [-0.3, -0.25) is 18.7 Å². The van der Waals surface area contributed by atoms with Crippen molar-refractivity contribution >= 4 is 45.0 Å². The lowest BCUT2D eigenvalue weighted by Crippen LogP contribution is -2.14. The number of alkyl halides is 6. The second kappa shape index (κ2) is 25.1. The number of aromatic hydroxyl groups is 1. The summed E-state index contributed by atoms with van der Waals surface area (Å²) in [6.45, 7) is 7.48. The summed E-state index contributed by atoms with van der Waals surface area (Å²) >= 11 is 0. The zero-order valence-corrected chi connectivity index (χ0v) is 43.8. The van der Waals surface area contributed by atoms with Crippen LogP contribution in [-0.4, -0.2) is 61.2 Å². The number of halogens is 6. The van der Waals surface area contributed by atoms with E-state index < -0.39 is 25.2 Å². The first-order valence-corrected chi connectivity index (χ1v) is 25.7. The number of carbonyl (C=O) groups excluding carboxylic acids is 2. The molecule has 3 N–H and O–H groups in total. The smallest absolute Gasteiger partial charge is 0.390 e. The summed E-state index contributed by atoms with van der Waals surface area (Å²) in [6.07, 6.45) is -4.89. The van der Waals surface area contributed by atoms with Gasteiger partial charge in [-0.05, 0) is 128 Å². The van der Waals surface area contributed by atoms with Gasteiger partial charge in [0.2, 0.25) is 0 Å². The molecule has 0 saturated carbocycles. The summed E-state index contributed by atoms with van der Waals surface area (Å²) < 4.78 is 98.5. The Kier molecular flexibility index (Phi) is 17.9. The van der Waals surface area contributed by atoms with Gasteiger partial charge in [-0.25, -0.2) is 9.97 Å². The highest BCUT2D eigenvalue weighted by Gasteiger charge is 2.28. The van der Waals surface area contributed by atoms with Gasteiger partial charge >= 0.3 is 12.4 Å². The van der Waals surface area contributed by atoms with Crippen LogP contribution in [0.5, 0.6) is 34.5 Å². The molecule has 0 spiro atoms. The molecule has 79 heavy (non-hydrogen) atoms. The van der Waals surface area contributed by atoms with Crippen LogP contribution in [-0.2, 0) is 6.61 Å². The Morgan fingerprint density at radius 1 is 0.544 bits per heavy atom. The number of hydrogen-bond acceptors (Lipinski definition) is 10. The molecular weight excluding hydrogens is 1030 g/mol. The van der Waals surface area contributed by atoms with Crippen LogP contribution >= 0.6 is 0 Å². The number of ether oxygens (including phenoxy) is 3. The quantitative estimate of drug-likeness (QED) is 0.0470. The van der Waals surface area contributed by atoms with Crippen LogP contribution in [0.4, 0.5) is 37.7 Å². The van der Waals surface area contributed by atoms with E-state index in [1.54, 1.807) is 90.0 Å². The minimum absolute atomic E-state index is 0.0813. The number of benzene rings is 7. The van der Waals surface area contributed by atoms with Crippen molar-refractivity contribution in [3.8, 4) is 45.9 Å². The fraction of sp³-hybridized carbons (Fsp3) is 0.246. The number of nitrogens with one attached hydrogen (secondary N) is 2. The normalized spacial score (nSPS) is 11.5. The molecule has 0 atom stereocenters. The summed E-state index contributed by atoms with van der Waals surface area (Å²) in [7, 11) is 0. The van der Waals surface area contributed by atoms with Gasteiger partial charge in [0, 0.05) is 72.7 Å². The molecule has 9 rings (SSSR count). The van der Waals surface area contributed by atoms with Crippen molar-refractivity contribution in [3.63, 3.8) is 0 Å². The number of phenols is 1. The maximum absolute atomic E-state index is 12.9. The second-order valence-electron chi connectivity index (χ2n) is 18.8. The predicted octanol–water partition coefficient (Wildman–Crippen LogP) is 16.2. The summed E-state index contributed by atoms with van der Waals surface area (Å²) in [5.74, 6) is 2.73. The van der Waals surface area contributed by atoms with Crippen molar-refractivity contribution in [2.75, 3.05) is 23.7 Å². The number of ketones is 2. The Hall–Kier alpha value is -8.80. The molecule has 2 aromatic heterocycles. The Bertz CT molecular complexity index is 3540. The maximum Gasteiger partial charge on any atom is 0.390 e. The van der Waals surface area contributed by atoms with Crippen LogP contribution in [0.3, 0.4) is 0 Å². The standard InChI is InChI=1S/C34H32F3N3O3.C27H26F3N3O3/c1-3-7-32(41)29-15-10-25(18-23(29)2)40-22-39-33-30(38-17-16-34(35,36)37)19-28(20-31(33)40)43-27-13-11-26(12-14-27)42-21-24-8-5-4-6-9-24;1-3-4-25(35)22-10-5-18(13-17(22)2)33-16-32-26-23(31-12-11-27(28,29)30)14-21(15-24(26)33)36-20-8-6-19(34)7-9-20/h4-6,8-15,18-20,22,38H,3,7,16-17,21H2,1-2H3;5-10,13-16,31,34H,3-4,11-12H2,1-2H3. The summed E-state index contributed by atoms with van der Waals surface area (Å²) in [5.41, 5.74) is 8.64. The van der Waals surface area contributed by atoms with Crippen molar-refractivity contribution in [3.05, 3.63) is 180 Å². The van der Waals surface area contributed by atoms with E-state index >= 15 is 0 Å². The predicted molar refractivity (Wildman–Crippen MR) is 294 cm³/mol. The molecular formula is C61H58F6N6O6. The third-order valence-electron chi connectivity index (χ3n) is 12.6. The Labute approximate surface area is 452 Å². The monoisotopic (exact) mass is 1080 g/mol. The van der Waals surface area contributed by atoms with E-state index in [1.807, 2.05) is 86.9 Å². The molecule has 0 aliphatic heterocycles. The van der Waals surface area contributed by atoms with Gasteiger partial charge in [-0.1, -0.05) is 44.2 Å². The zero-order valence-electron chi connectivity index (χ0n) is 43.8. The highest BCUT2D eigenvalue weighted by molar-refractivity contribution is 5.99. The fourth-order valence-corrected chi connectivity index (χ4v) is 8.73. The second-order valence-corrected chi connectivity index (χ2v) is 18.8. The van der Waals surface area contributed by atoms with Crippen molar-refractivity contribution in [1.82, 2.24) is 19.1 Å². The molecule has 18 heteroatoms. The number of fused-ring (bicyclic) bond motifs is 2. The fourth-order valence-electron chi connectivity index (χ4n) is 8.73. The summed E-state index contributed by atoms with van der Waals surface area (Å²) in [4.78, 5) is 33.9. The molecule has 12 nitrogen and oxygen atoms in total. The van der Waals surface area contributed by atoms with Gasteiger partial charge in [0.15, 0.2) is 11.6 Å². The van der Waals surface area contributed by atoms with E-state index in [9.17, 15) is 41.0 Å². The van der Waals surface area contributed by atoms with E-state index in [-0.39, 0.29) is 30.4 Å². The van der Waals surface area contributed by atoms with E-state index in [4.69, 9.17) is 14.2 Å². The highest BCUT2D eigenvalue weighted by atomic mass is 19.4. The van der Waals surface area contributed by atoms with Gasteiger partial charge in [0.25, 0.3) is 0 Å². The minimum Gasteiger partial charge on any atom is -0.508 e. The topological polar surface area (TPSA) is 142 Å².